The summed E-state index contributed by atoms with van der Waals surface area (Å²) in [5.74, 6) is 2.69. The van der Waals surface area contributed by atoms with Crippen LogP contribution in [-0.2, 0) is 6.54 Å². The molecule has 0 amide bonds. The molecule has 4 nitrogen and oxygen atoms in total. The van der Waals surface area contributed by atoms with Gasteiger partial charge in [0, 0.05) is 26.2 Å². The Hall–Kier alpha value is -1.26. The fourth-order valence-corrected chi connectivity index (χ4v) is 4.73. The first kappa shape index (κ1) is 18.1. The Morgan fingerprint density at radius 3 is 2.54 bits per heavy atom. The molecule has 0 bridgehead atoms. The smallest absolute Gasteiger partial charge is 0.231 e. The minimum atomic E-state index is 0.361. The van der Waals surface area contributed by atoms with E-state index in [0.717, 1.165) is 24.0 Å². The Balaban J connectivity index is 1.37. The zero-order valence-electron chi connectivity index (χ0n) is 16.1. The summed E-state index contributed by atoms with van der Waals surface area (Å²) in [5, 5.41) is 0. The van der Waals surface area contributed by atoms with Crippen LogP contribution in [0.4, 0.5) is 0 Å². The van der Waals surface area contributed by atoms with Gasteiger partial charge in [0.2, 0.25) is 6.79 Å². The van der Waals surface area contributed by atoms with E-state index in [1.54, 1.807) is 0 Å². The molecule has 2 fully saturated rings. The molecule has 0 aromatic heterocycles. The molecule has 0 atom stereocenters. The molecule has 0 spiro atoms. The third-order valence-electron chi connectivity index (χ3n) is 6.27. The standard InChI is InChI=1S/C22H34N2O2/c1-3-7-19(8-4-1)16-24(14-13-23-11-5-2-6-12-23)17-20-9-10-21-22(15-20)26-18-25-21/h9-10,15,19H,1-8,11-14,16-18H2. The first-order valence-corrected chi connectivity index (χ1v) is 10.7. The minimum Gasteiger partial charge on any atom is -0.454 e. The lowest BCUT2D eigenvalue weighted by molar-refractivity contribution is 0.151. The lowest BCUT2D eigenvalue weighted by atomic mass is 9.89. The normalized spacial score (nSPS) is 21.4. The van der Waals surface area contributed by atoms with Crippen LogP contribution in [0, 0.1) is 5.92 Å². The van der Waals surface area contributed by atoms with E-state index < -0.39 is 0 Å². The third-order valence-corrected chi connectivity index (χ3v) is 6.27. The summed E-state index contributed by atoms with van der Waals surface area (Å²) in [7, 11) is 0. The van der Waals surface area contributed by atoms with E-state index in [-0.39, 0.29) is 0 Å². The van der Waals surface area contributed by atoms with Crippen molar-refractivity contribution < 1.29 is 9.47 Å². The maximum absolute atomic E-state index is 5.58. The van der Waals surface area contributed by atoms with Crippen LogP contribution in [-0.4, -0.2) is 49.3 Å². The van der Waals surface area contributed by atoms with Gasteiger partial charge in [0.1, 0.15) is 0 Å². The van der Waals surface area contributed by atoms with Crippen LogP contribution in [0.2, 0.25) is 0 Å². The number of piperidine rings is 1. The maximum atomic E-state index is 5.58. The average molecular weight is 359 g/mol. The van der Waals surface area contributed by atoms with Crippen LogP contribution in [0.5, 0.6) is 11.5 Å². The van der Waals surface area contributed by atoms with Crippen LogP contribution in [0.1, 0.15) is 56.9 Å². The lowest BCUT2D eigenvalue weighted by Crippen LogP contribution is -2.39. The van der Waals surface area contributed by atoms with Crippen molar-refractivity contribution in [1.29, 1.82) is 0 Å². The quantitative estimate of drug-likeness (QED) is 0.726. The van der Waals surface area contributed by atoms with Crippen LogP contribution in [0.25, 0.3) is 0 Å². The molecule has 4 heteroatoms. The zero-order valence-corrected chi connectivity index (χ0v) is 16.1. The molecule has 26 heavy (non-hydrogen) atoms. The van der Waals surface area contributed by atoms with Crippen molar-refractivity contribution in [3.8, 4) is 11.5 Å². The van der Waals surface area contributed by atoms with Gasteiger partial charge in [-0.05, 0) is 62.4 Å². The zero-order chi connectivity index (χ0) is 17.6. The molecule has 2 aliphatic heterocycles. The number of ether oxygens (including phenoxy) is 2. The maximum Gasteiger partial charge on any atom is 0.231 e. The van der Waals surface area contributed by atoms with Crippen LogP contribution >= 0.6 is 0 Å². The summed E-state index contributed by atoms with van der Waals surface area (Å²) in [6.07, 6.45) is 11.3. The van der Waals surface area contributed by atoms with Gasteiger partial charge < -0.3 is 14.4 Å². The van der Waals surface area contributed by atoms with Crippen molar-refractivity contribution >= 4 is 0 Å². The van der Waals surface area contributed by atoms with E-state index in [1.807, 2.05) is 0 Å². The Bertz CT molecular complexity index is 565. The summed E-state index contributed by atoms with van der Waals surface area (Å²) in [5.41, 5.74) is 1.35. The number of likely N-dealkylation sites (tertiary alicyclic amines) is 1. The Kier molecular flexibility index (Phi) is 6.34. The molecule has 4 rings (SSSR count). The van der Waals surface area contributed by atoms with Crippen molar-refractivity contribution in [2.45, 2.75) is 57.9 Å². The minimum absolute atomic E-state index is 0.361. The first-order valence-electron chi connectivity index (χ1n) is 10.7. The van der Waals surface area contributed by atoms with Crippen molar-refractivity contribution in [2.24, 2.45) is 5.92 Å². The van der Waals surface area contributed by atoms with Gasteiger partial charge in [-0.25, -0.2) is 0 Å². The second-order valence-electron chi connectivity index (χ2n) is 8.33. The van der Waals surface area contributed by atoms with Gasteiger partial charge in [0.25, 0.3) is 0 Å². The lowest BCUT2D eigenvalue weighted by Gasteiger charge is -2.33. The van der Waals surface area contributed by atoms with Gasteiger partial charge in [-0.2, -0.15) is 0 Å². The largest absolute Gasteiger partial charge is 0.454 e. The Labute approximate surface area is 158 Å². The highest BCUT2D eigenvalue weighted by atomic mass is 16.7. The SMILES string of the molecule is c1cc2c(cc1CN(CCN1CCCCC1)CC1CCCCC1)OCO2. The second kappa shape index (κ2) is 9.09. The molecular formula is C22H34N2O2. The molecule has 144 valence electrons. The molecule has 0 unspecified atom stereocenters. The van der Waals surface area contributed by atoms with Crippen molar-refractivity contribution in [3.05, 3.63) is 23.8 Å². The number of fused-ring (bicyclic) bond motifs is 1. The van der Waals surface area contributed by atoms with Crippen molar-refractivity contribution in [1.82, 2.24) is 9.80 Å². The Morgan fingerprint density at radius 1 is 0.923 bits per heavy atom. The number of hydrogen-bond acceptors (Lipinski definition) is 4. The topological polar surface area (TPSA) is 24.9 Å². The Morgan fingerprint density at radius 2 is 1.69 bits per heavy atom. The van der Waals surface area contributed by atoms with E-state index in [4.69, 9.17) is 9.47 Å². The molecule has 1 aromatic rings. The van der Waals surface area contributed by atoms with Gasteiger partial charge >= 0.3 is 0 Å². The molecule has 1 saturated carbocycles. The molecular weight excluding hydrogens is 324 g/mol. The summed E-state index contributed by atoms with van der Waals surface area (Å²) in [6, 6.07) is 6.46. The number of hydrogen-bond donors (Lipinski definition) is 0. The monoisotopic (exact) mass is 358 g/mol. The van der Waals surface area contributed by atoms with Crippen LogP contribution < -0.4 is 9.47 Å². The van der Waals surface area contributed by atoms with Gasteiger partial charge in [-0.1, -0.05) is 31.7 Å². The van der Waals surface area contributed by atoms with Gasteiger partial charge in [0.05, 0.1) is 0 Å². The molecule has 1 saturated heterocycles. The van der Waals surface area contributed by atoms with E-state index in [9.17, 15) is 0 Å². The summed E-state index contributed by atoms with van der Waals surface area (Å²) in [4.78, 5) is 5.36. The average Bonchev–Trinajstić information content (AvgIpc) is 3.16. The molecule has 2 heterocycles. The summed E-state index contributed by atoms with van der Waals surface area (Å²) in [6.45, 7) is 7.63. The number of benzene rings is 1. The number of nitrogens with zero attached hydrogens (tertiary/aromatic N) is 2. The number of rotatable bonds is 7. The molecule has 3 aliphatic rings. The van der Waals surface area contributed by atoms with Gasteiger partial charge in [-0.15, -0.1) is 0 Å². The van der Waals surface area contributed by atoms with E-state index in [1.165, 1.54) is 89.7 Å². The fraction of sp³-hybridized carbons (Fsp3) is 0.727. The highest BCUT2D eigenvalue weighted by Gasteiger charge is 2.20. The molecule has 1 aliphatic carbocycles. The van der Waals surface area contributed by atoms with Crippen LogP contribution in [0.3, 0.4) is 0 Å². The predicted molar refractivity (Wildman–Crippen MR) is 105 cm³/mol. The van der Waals surface area contributed by atoms with Crippen molar-refractivity contribution in [3.63, 3.8) is 0 Å². The fourth-order valence-electron chi connectivity index (χ4n) is 4.73. The van der Waals surface area contributed by atoms with Crippen molar-refractivity contribution in [2.75, 3.05) is 39.5 Å². The van der Waals surface area contributed by atoms with E-state index >= 15 is 0 Å². The highest BCUT2D eigenvalue weighted by molar-refractivity contribution is 5.44. The molecule has 1 aromatic carbocycles. The van der Waals surface area contributed by atoms with E-state index in [0.29, 0.717) is 6.79 Å². The van der Waals surface area contributed by atoms with Gasteiger partial charge in [0.15, 0.2) is 11.5 Å². The predicted octanol–water partition coefficient (Wildman–Crippen LogP) is 4.28. The van der Waals surface area contributed by atoms with Gasteiger partial charge in [-0.3, -0.25) is 4.90 Å². The van der Waals surface area contributed by atoms with E-state index in [2.05, 4.69) is 28.0 Å². The molecule has 0 radical (unpaired) electrons. The first-order chi connectivity index (χ1) is 12.9. The summed E-state index contributed by atoms with van der Waals surface area (Å²) >= 11 is 0. The second-order valence-corrected chi connectivity index (χ2v) is 8.33. The molecule has 0 N–H and O–H groups in total. The highest BCUT2D eigenvalue weighted by Crippen LogP contribution is 2.33. The third kappa shape index (κ3) is 4.92. The van der Waals surface area contributed by atoms with Crippen LogP contribution in [0.15, 0.2) is 18.2 Å². The summed E-state index contributed by atoms with van der Waals surface area (Å²) < 4.78 is 11.0.